The standard InChI is InChI=1S/C29H48O2/c1-7-19(2)8-9-20(3)25-12-13-26-24-11-10-22-18-23(31-21(4)30)14-16-28(22,5)27(24)15-17-29(25,26)6/h8-9,19-20,22-27H,7,10-18H2,1-6H3/b9-8+/t19-,20-,22+,23+,24+,25-,26+,27+,28+,29-/m1/s1. The van der Waals surface area contributed by atoms with Crippen molar-refractivity contribution in [2.75, 3.05) is 0 Å². The van der Waals surface area contributed by atoms with Crippen molar-refractivity contribution in [1.29, 1.82) is 0 Å². The lowest BCUT2D eigenvalue weighted by atomic mass is 9.44. The third-order valence-electron chi connectivity index (χ3n) is 11.0. The molecule has 4 aliphatic rings. The molecule has 0 radical (unpaired) electrons. The van der Waals surface area contributed by atoms with Gasteiger partial charge in [0.25, 0.3) is 0 Å². The summed E-state index contributed by atoms with van der Waals surface area (Å²) in [7, 11) is 0. The minimum Gasteiger partial charge on any atom is -0.463 e. The van der Waals surface area contributed by atoms with Gasteiger partial charge in [-0.2, -0.15) is 0 Å². The number of esters is 1. The fraction of sp³-hybridized carbons (Fsp3) is 0.897. The number of ether oxygens (including phenoxy) is 1. The van der Waals surface area contributed by atoms with E-state index in [0.717, 1.165) is 42.4 Å². The van der Waals surface area contributed by atoms with Gasteiger partial charge in [-0.25, -0.2) is 0 Å². The van der Waals surface area contributed by atoms with Gasteiger partial charge >= 0.3 is 5.97 Å². The van der Waals surface area contributed by atoms with Gasteiger partial charge < -0.3 is 4.74 Å². The minimum atomic E-state index is -0.0933. The Morgan fingerprint density at radius 2 is 1.68 bits per heavy atom. The zero-order valence-electron chi connectivity index (χ0n) is 21.2. The molecule has 0 heterocycles. The van der Waals surface area contributed by atoms with Gasteiger partial charge in [-0.05, 0) is 110 Å². The van der Waals surface area contributed by atoms with Crippen LogP contribution in [0.5, 0.6) is 0 Å². The number of hydrogen-bond donors (Lipinski definition) is 0. The highest BCUT2D eigenvalue weighted by Crippen LogP contribution is 2.68. The highest BCUT2D eigenvalue weighted by Gasteiger charge is 2.60. The summed E-state index contributed by atoms with van der Waals surface area (Å²) in [5.41, 5.74) is 1.01. The number of carbonyl (C=O) groups excluding carboxylic acids is 1. The molecule has 0 unspecified atom stereocenters. The lowest BCUT2D eigenvalue weighted by Crippen LogP contribution is -2.54. The van der Waals surface area contributed by atoms with Crippen LogP contribution in [0.15, 0.2) is 12.2 Å². The Balaban J connectivity index is 1.47. The smallest absolute Gasteiger partial charge is 0.302 e. The van der Waals surface area contributed by atoms with Crippen LogP contribution in [0.3, 0.4) is 0 Å². The van der Waals surface area contributed by atoms with Gasteiger partial charge in [0.15, 0.2) is 0 Å². The second-order valence-corrected chi connectivity index (χ2v) is 12.5. The Morgan fingerprint density at radius 3 is 2.39 bits per heavy atom. The van der Waals surface area contributed by atoms with Crippen LogP contribution < -0.4 is 0 Å². The van der Waals surface area contributed by atoms with Crippen molar-refractivity contribution in [3.05, 3.63) is 12.2 Å². The van der Waals surface area contributed by atoms with Crippen LogP contribution in [-0.4, -0.2) is 12.1 Å². The lowest BCUT2D eigenvalue weighted by molar-refractivity contribution is -0.160. The van der Waals surface area contributed by atoms with Crippen molar-refractivity contribution in [3.8, 4) is 0 Å². The molecule has 0 aromatic carbocycles. The van der Waals surface area contributed by atoms with Crippen LogP contribution >= 0.6 is 0 Å². The van der Waals surface area contributed by atoms with E-state index in [1.165, 1.54) is 51.4 Å². The number of rotatable bonds is 5. The Morgan fingerprint density at radius 1 is 0.968 bits per heavy atom. The number of fused-ring (bicyclic) bond motifs is 5. The van der Waals surface area contributed by atoms with Crippen molar-refractivity contribution < 1.29 is 9.53 Å². The van der Waals surface area contributed by atoms with Crippen molar-refractivity contribution in [2.24, 2.45) is 52.3 Å². The maximum atomic E-state index is 11.5. The van der Waals surface area contributed by atoms with Crippen LogP contribution in [0.1, 0.15) is 106 Å². The van der Waals surface area contributed by atoms with E-state index in [4.69, 9.17) is 4.74 Å². The fourth-order valence-electron chi connectivity index (χ4n) is 9.10. The number of carbonyl (C=O) groups is 1. The predicted octanol–water partition coefficient (Wildman–Crippen LogP) is 7.82. The van der Waals surface area contributed by atoms with Crippen LogP contribution in [-0.2, 0) is 9.53 Å². The molecule has 31 heavy (non-hydrogen) atoms. The Hall–Kier alpha value is -0.790. The minimum absolute atomic E-state index is 0.0933. The Bertz CT molecular complexity index is 682. The Labute approximate surface area is 192 Å². The van der Waals surface area contributed by atoms with E-state index in [1.54, 1.807) is 6.92 Å². The molecule has 4 fully saturated rings. The summed E-state index contributed by atoms with van der Waals surface area (Å²) < 4.78 is 5.65. The first-order chi connectivity index (χ1) is 14.7. The fourth-order valence-corrected chi connectivity index (χ4v) is 9.10. The topological polar surface area (TPSA) is 26.3 Å². The van der Waals surface area contributed by atoms with Crippen LogP contribution in [0, 0.1) is 52.3 Å². The first-order valence-corrected chi connectivity index (χ1v) is 13.5. The molecule has 0 amide bonds. The predicted molar refractivity (Wildman–Crippen MR) is 129 cm³/mol. The molecule has 0 aromatic rings. The van der Waals surface area contributed by atoms with E-state index in [-0.39, 0.29) is 12.1 Å². The molecule has 0 aliphatic heterocycles. The van der Waals surface area contributed by atoms with Gasteiger partial charge in [-0.1, -0.05) is 53.2 Å². The quantitative estimate of drug-likeness (QED) is 0.329. The molecule has 176 valence electrons. The Kier molecular flexibility index (Phi) is 6.68. The van der Waals surface area contributed by atoms with E-state index >= 15 is 0 Å². The van der Waals surface area contributed by atoms with Gasteiger partial charge in [-0.15, -0.1) is 0 Å². The summed E-state index contributed by atoms with van der Waals surface area (Å²) in [6, 6.07) is 0. The molecule has 4 rings (SSSR count). The summed E-state index contributed by atoms with van der Waals surface area (Å²) in [4.78, 5) is 11.5. The zero-order valence-corrected chi connectivity index (χ0v) is 21.2. The van der Waals surface area contributed by atoms with Crippen molar-refractivity contribution in [2.45, 2.75) is 112 Å². The molecule has 0 aromatic heterocycles. The summed E-state index contributed by atoms with van der Waals surface area (Å²) in [6.45, 7) is 14.0. The molecule has 2 nitrogen and oxygen atoms in total. The van der Waals surface area contributed by atoms with Crippen molar-refractivity contribution in [3.63, 3.8) is 0 Å². The molecule has 4 aliphatic carbocycles. The molecule has 0 spiro atoms. The third kappa shape index (κ3) is 4.15. The maximum absolute atomic E-state index is 11.5. The van der Waals surface area contributed by atoms with E-state index < -0.39 is 0 Å². The van der Waals surface area contributed by atoms with Crippen LogP contribution in [0.4, 0.5) is 0 Å². The normalized spacial score (nSPS) is 46.6. The van der Waals surface area contributed by atoms with Crippen LogP contribution in [0.2, 0.25) is 0 Å². The van der Waals surface area contributed by atoms with E-state index in [0.29, 0.717) is 22.7 Å². The van der Waals surface area contributed by atoms with E-state index in [1.807, 2.05) is 0 Å². The molecule has 0 bridgehead atoms. The van der Waals surface area contributed by atoms with Gasteiger partial charge in [0, 0.05) is 6.92 Å². The molecule has 4 saturated carbocycles. The summed E-state index contributed by atoms with van der Waals surface area (Å²) in [6.07, 6.45) is 18.5. The average Bonchev–Trinajstić information content (AvgIpc) is 3.09. The molecular formula is C29H48O2. The molecule has 2 heteroatoms. The number of hydrogen-bond acceptors (Lipinski definition) is 2. The summed E-state index contributed by atoms with van der Waals surface area (Å²) >= 11 is 0. The highest BCUT2D eigenvalue weighted by atomic mass is 16.5. The van der Waals surface area contributed by atoms with Gasteiger partial charge in [0.05, 0.1) is 0 Å². The highest BCUT2D eigenvalue weighted by molar-refractivity contribution is 5.66. The van der Waals surface area contributed by atoms with Crippen LogP contribution in [0.25, 0.3) is 0 Å². The summed E-state index contributed by atoms with van der Waals surface area (Å²) in [5, 5.41) is 0. The van der Waals surface area contributed by atoms with E-state index in [9.17, 15) is 4.79 Å². The van der Waals surface area contributed by atoms with Gasteiger partial charge in [0.1, 0.15) is 6.10 Å². The maximum Gasteiger partial charge on any atom is 0.302 e. The largest absolute Gasteiger partial charge is 0.463 e. The molecule has 0 N–H and O–H groups in total. The van der Waals surface area contributed by atoms with Gasteiger partial charge in [-0.3, -0.25) is 4.79 Å². The molecule has 0 saturated heterocycles. The SMILES string of the molecule is CC[C@@H](C)/C=C/[C@@H](C)[C@H]1CC[C@H]2[C@@H]3CC[C@H]4C[C@@H](OC(C)=O)CC[C@]4(C)[C@H]3CC[C@]12C. The molecular weight excluding hydrogens is 380 g/mol. The van der Waals surface area contributed by atoms with E-state index in [2.05, 4.69) is 46.8 Å². The number of allylic oxidation sites excluding steroid dienone is 2. The first kappa shape index (κ1) is 23.4. The average molecular weight is 429 g/mol. The second-order valence-electron chi connectivity index (χ2n) is 12.5. The second kappa shape index (κ2) is 8.86. The zero-order chi connectivity index (χ0) is 22.4. The lowest BCUT2D eigenvalue weighted by Gasteiger charge is -2.61. The monoisotopic (exact) mass is 428 g/mol. The molecule has 10 atom stereocenters. The van der Waals surface area contributed by atoms with Gasteiger partial charge in [0.2, 0.25) is 0 Å². The van der Waals surface area contributed by atoms with Crippen molar-refractivity contribution in [1.82, 2.24) is 0 Å². The summed E-state index contributed by atoms with van der Waals surface area (Å²) in [5.74, 6) is 5.71. The van der Waals surface area contributed by atoms with Crippen molar-refractivity contribution >= 4 is 5.97 Å². The third-order valence-corrected chi connectivity index (χ3v) is 11.0. The first-order valence-electron chi connectivity index (χ1n) is 13.5.